The van der Waals surface area contributed by atoms with Crippen LogP contribution in [0, 0.1) is 11.3 Å². The van der Waals surface area contributed by atoms with Crippen molar-refractivity contribution in [2.75, 3.05) is 0 Å². The van der Waals surface area contributed by atoms with Crippen LogP contribution in [0.2, 0.25) is 0 Å². The molecule has 0 radical (unpaired) electrons. The molecule has 0 spiro atoms. The number of furan rings is 1. The van der Waals surface area contributed by atoms with Gasteiger partial charge in [-0.2, -0.15) is 0 Å². The molecular weight excluding hydrogens is 174 g/mol. The van der Waals surface area contributed by atoms with Gasteiger partial charge in [0, 0.05) is 0 Å². The second-order valence-electron chi connectivity index (χ2n) is 5.03. The monoisotopic (exact) mass is 193 g/mol. The molecule has 1 saturated carbocycles. The maximum Gasteiger partial charge on any atom is 0.120 e. The molecule has 14 heavy (non-hydrogen) atoms. The van der Waals surface area contributed by atoms with Crippen molar-refractivity contribution in [3.63, 3.8) is 0 Å². The molecule has 2 nitrogen and oxygen atoms in total. The summed E-state index contributed by atoms with van der Waals surface area (Å²) in [6.07, 6.45) is 5.52. The minimum Gasteiger partial charge on any atom is -0.468 e. The smallest absolute Gasteiger partial charge is 0.120 e. The molecule has 2 unspecified atom stereocenters. The van der Waals surface area contributed by atoms with E-state index in [1.165, 1.54) is 19.3 Å². The Morgan fingerprint density at radius 3 is 2.86 bits per heavy atom. The second-order valence-corrected chi connectivity index (χ2v) is 5.03. The van der Waals surface area contributed by atoms with E-state index in [4.69, 9.17) is 10.2 Å². The van der Waals surface area contributed by atoms with Crippen LogP contribution in [0.1, 0.15) is 44.9 Å². The van der Waals surface area contributed by atoms with Crippen molar-refractivity contribution < 1.29 is 4.42 Å². The Morgan fingerprint density at radius 1 is 1.57 bits per heavy atom. The molecule has 1 aliphatic carbocycles. The van der Waals surface area contributed by atoms with Crippen molar-refractivity contribution in [1.82, 2.24) is 0 Å². The minimum atomic E-state index is 0.0718. The van der Waals surface area contributed by atoms with Gasteiger partial charge in [-0.05, 0) is 36.3 Å². The van der Waals surface area contributed by atoms with Crippen LogP contribution in [0.25, 0.3) is 0 Å². The maximum atomic E-state index is 6.23. The van der Waals surface area contributed by atoms with Gasteiger partial charge < -0.3 is 10.2 Å². The molecule has 1 aromatic heterocycles. The first-order valence-corrected chi connectivity index (χ1v) is 5.40. The van der Waals surface area contributed by atoms with Crippen LogP contribution in [-0.2, 0) is 0 Å². The molecule has 2 N–H and O–H groups in total. The van der Waals surface area contributed by atoms with E-state index in [1.54, 1.807) is 6.26 Å². The fourth-order valence-corrected chi connectivity index (χ4v) is 2.70. The van der Waals surface area contributed by atoms with Gasteiger partial charge >= 0.3 is 0 Å². The third-order valence-electron chi connectivity index (χ3n) is 3.65. The van der Waals surface area contributed by atoms with E-state index in [0.29, 0.717) is 11.3 Å². The van der Waals surface area contributed by atoms with E-state index in [2.05, 4.69) is 13.8 Å². The van der Waals surface area contributed by atoms with Crippen LogP contribution in [-0.4, -0.2) is 0 Å². The van der Waals surface area contributed by atoms with E-state index in [1.807, 2.05) is 12.1 Å². The quantitative estimate of drug-likeness (QED) is 0.783. The predicted octanol–water partition coefficient (Wildman–Crippen LogP) is 3.11. The average molecular weight is 193 g/mol. The van der Waals surface area contributed by atoms with Crippen molar-refractivity contribution >= 4 is 0 Å². The summed E-state index contributed by atoms with van der Waals surface area (Å²) in [4.78, 5) is 0. The molecule has 78 valence electrons. The highest BCUT2D eigenvalue weighted by molar-refractivity contribution is 5.08. The van der Waals surface area contributed by atoms with Gasteiger partial charge in [0.1, 0.15) is 5.76 Å². The molecule has 2 rings (SSSR count). The van der Waals surface area contributed by atoms with Crippen LogP contribution in [0.15, 0.2) is 22.8 Å². The summed E-state index contributed by atoms with van der Waals surface area (Å²) >= 11 is 0. The number of hydrogen-bond donors (Lipinski definition) is 1. The van der Waals surface area contributed by atoms with Crippen LogP contribution in [0.4, 0.5) is 0 Å². The predicted molar refractivity (Wildman–Crippen MR) is 56.8 cm³/mol. The maximum absolute atomic E-state index is 6.23. The van der Waals surface area contributed by atoms with Crippen LogP contribution in [0.5, 0.6) is 0 Å². The van der Waals surface area contributed by atoms with Gasteiger partial charge in [-0.25, -0.2) is 0 Å². The Labute approximate surface area is 85.5 Å². The Hall–Kier alpha value is -0.760. The van der Waals surface area contributed by atoms with Crippen LogP contribution < -0.4 is 5.73 Å². The first-order chi connectivity index (χ1) is 6.61. The highest BCUT2D eigenvalue weighted by atomic mass is 16.3. The third kappa shape index (κ3) is 1.59. The van der Waals surface area contributed by atoms with E-state index in [9.17, 15) is 0 Å². The van der Waals surface area contributed by atoms with Crippen LogP contribution in [0.3, 0.4) is 0 Å². The molecule has 1 aliphatic rings. The lowest BCUT2D eigenvalue weighted by Gasteiger charge is -2.30. The van der Waals surface area contributed by atoms with Gasteiger partial charge in [0.25, 0.3) is 0 Å². The molecule has 0 aliphatic heterocycles. The van der Waals surface area contributed by atoms with Gasteiger partial charge in [0.15, 0.2) is 0 Å². The molecule has 1 heterocycles. The topological polar surface area (TPSA) is 39.2 Å². The molecule has 2 heteroatoms. The summed E-state index contributed by atoms with van der Waals surface area (Å²) in [5.41, 5.74) is 6.59. The number of hydrogen-bond acceptors (Lipinski definition) is 2. The Balaban J connectivity index is 2.16. The zero-order chi connectivity index (χ0) is 10.2. The first-order valence-electron chi connectivity index (χ1n) is 5.40. The Kier molecular flexibility index (Phi) is 2.40. The summed E-state index contributed by atoms with van der Waals surface area (Å²) in [7, 11) is 0. The number of nitrogens with two attached hydrogens (primary N) is 1. The van der Waals surface area contributed by atoms with Crippen LogP contribution >= 0.6 is 0 Å². The molecule has 1 fully saturated rings. The van der Waals surface area contributed by atoms with Crippen molar-refractivity contribution in [1.29, 1.82) is 0 Å². The molecule has 0 bridgehead atoms. The van der Waals surface area contributed by atoms with E-state index >= 15 is 0 Å². The summed E-state index contributed by atoms with van der Waals surface area (Å²) in [5, 5.41) is 0. The van der Waals surface area contributed by atoms with Crippen molar-refractivity contribution in [2.45, 2.75) is 39.2 Å². The zero-order valence-corrected chi connectivity index (χ0v) is 8.99. The SMILES string of the molecule is CC1(C)CCCC1C(N)c1ccco1. The summed E-state index contributed by atoms with van der Waals surface area (Å²) in [6, 6.07) is 3.97. The summed E-state index contributed by atoms with van der Waals surface area (Å²) in [6.45, 7) is 4.63. The molecule has 1 aromatic rings. The van der Waals surface area contributed by atoms with Crippen molar-refractivity contribution in [3.8, 4) is 0 Å². The lowest BCUT2D eigenvalue weighted by atomic mass is 9.77. The first kappa shape index (κ1) is 9.78. The highest BCUT2D eigenvalue weighted by Gasteiger charge is 2.39. The third-order valence-corrected chi connectivity index (χ3v) is 3.65. The second kappa shape index (κ2) is 3.43. The standard InChI is InChI=1S/C12H19NO/c1-12(2)7-3-5-9(12)11(13)10-6-4-8-14-10/h4,6,8-9,11H,3,5,7,13H2,1-2H3. The summed E-state index contributed by atoms with van der Waals surface area (Å²) < 4.78 is 5.38. The molecule has 0 amide bonds. The lowest BCUT2D eigenvalue weighted by molar-refractivity contribution is 0.206. The largest absolute Gasteiger partial charge is 0.468 e. The summed E-state index contributed by atoms with van der Waals surface area (Å²) in [5.74, 6) is 1.50. The zero-order valence-electron chi connectivity index (χ0n) is 8.99. The molecular formula is C12H19NO. The molecule has 0 saturated heterocycles. The minimum absolute atomic E-state index is 0.0718. The molecule has 0 aromatic carbocycles. The van der Waals surface area contributed by atoms with Crippen molar-refractivity contribution in [3.05, 3.63) is 24.2 Å². The van der Waals surface area contributed by atoms with Gasteiger partial charge in [-0.15, -0.1) is 0 Å². The molecule has 2 atom stereocenters. The van der Waals surface area contributed by atoms with Gasteiger partial charge in [-0.3, -0.25) is 0 Å². The fourth-order valence-electron chi connectivity index (χ4n) is 2.70. The Morgan fingerprint density at radius 2 is 2.36 bits per heavy atom. The van der Waals surface area contributed by atoms with Gasteiger partial charge in [-0.1, -0.05) is 20.3 Å². The van der Waals surface area contributed by atoms with Gasteiger partial charge in [0.2, 0.25) is 0 Å². The van der Waals surface area contributed by atoms with Gasteiger partial charge in [0.05, 0.1) is 12.3 Å². The normalized spacial score (nSPS) is 27.8. The average Bonchev–Trinajstić information content (AvgIpc) is 2.71. The lowest BCUT2D eigenvalue weighted by Crippen LogP contribution is -2.29. The number of rotatable bonds is 2. The van der Waals surface area contributed by atoms with E-state index < -0.39 is 0 Å². The Bertz CT molecular complexity index is 289. The fraction of sp³-hybridized carbons (Fsp3) is 0.667. The van der Waals surface area contributed by atoms with Crippen molar-refractivity contribution in [2.24, 2.45) is 17.1 Å². The van der Waals surface area contributed by atoms with E-state index in [-0.39, 0.29) is 6.04 Å². The van der Waals surface area contributed by atoms with E-state index in [0.717, 1.165) is 5.76 Å². The highest BCUT2D eigenvalue weighted by Crippen LogP contribution is 2.47.